The number of fused-ring (bicyclic) bond motifs is 1. The van der Waals surface area contributed by atoms with E-state index in [0.29, 0.717) is 17.8 Å². The van der Waals surface area contributed by atoms with Crippen molar-refractivity contribution in [2.45, 2.75) is 25.7 Å². The highest BCUT2D eigenvalue weighted by Gasteiger charge is 2.34. The fourth-order valence-corrected chi connectivity index (χ4v) is 1.91. The van der Waals surface area contributed by atoms with Crippen molar-refractivity contribution in [1.29, 1.82) is 0 Å². The smallest absolute Gasteiger partial charge is 0.315 e. The monoisotopic (exact) mass is 232 g/mol. The summed E-state index contributed by atoms with van der Waals surface area (Å²) in [6.45, 7) is 3.59. The Kier molecular flexibility index (Phi) is 2.58. The maximum absolute atomic E-state index is 11.4. The van der Waals surface area contributed by atoms with Crippen LogP contribution in [0.2, 0.25) is 0 Å². The summed E-state index contributed by atoms with van der Waals surface area (Å²) in [7, 11) is 0. The van der Waals surface area contributed by atoms with Gasteiger partial charge in [-0.1, -0.05) is 6.92 Å². The number of anilines is 1. The Hall–Kier alpha value is -1.97. The highest BCUT2D eigenvalue weighted by molar-refractivity contribution is 5.87. The molecular weight excluding hydrogens is 216 g/mol. The number of hydrogen-bond donors (Lipinski definition) is 3. The van der Waals surface area contributed by atoms with E-state index in [2.05, 4.69) is 4.98 Å². The Morgan fingerprint density at radius 3 is 2.76 bits per heavy atom. The molecule has 0 radical (unpaired) electrons. The Bertz CT molecular complexity index is 574. The summed E-state index contributed by atoms with van der Waals surface area (Å²) in [6, 6.07) is 7.37. The summed E-state index contributed by atoms with van der Waals surface area (Å²) in [5, 5.41) is 10.3. The van der Waals surface area contributed by atoms with E-state index in [0.717, 1.165) is 10.9 Å². The predicted octanol–water partition coefficient (Wildman–Crippen LogP) is 2.50. The van der Waals surface area contributed by atoms with Gasteiger partial charge in [-0.2, -0.15) is 0 Å². The molecule has 1 atom stereocenters. The number of nitrogens with one attached hydrogen (secondary N) is 1. The van der Waals surface area contributed by atoms with Crippen molar-refractivity contribution in [1.82, 2.24) is 4.98 Å². The molecule has 0 saturated heterocycles. The number of benzene rings is 1. The Labute approximate surface area is 99.4 Å². The number of H-pyrrole nitrogens is 1. The van der Waals surface area contributed by atoms with Crippen LogP contribution in [0, 0.1) is 0 Å². The molecule has 0 fully saturated rings. The lowest BCUT2D eigenvalue weighted by molar-refractivity contribution is -0.143. The molecule has 17 heavy (non-hydrogen) atoms. The SMILES string of the molecule is CCC(C)(C(=O)O)c1cc2cc(N)ccc2[nH]1. The molecule has 2 aromatic rings. The number of carboxylic acids is 1. The zero-order chi connectivity index (χ0) is 12.6. The van der Waals surface area contributed by atoms with Crippen LogP contribution in [0.4, 0.5) is 5.69 Å². The second-order valence-electron chi connectivity index (χ2n) is 4.52. The lowest BCUT2D eigenvalue weighted by Crippen LogP contribution is -2.31. The zero-order valence-electron chi connectivity index (χ0n) is 9.95. The Balaban J connectivity index is 2.59. The third kappa shape index (κ3) is 1.75. The number of aliphatic carboxylic acids is 1. The minimum Gasteiger partial charge on any atom is -0.481 e. The molecule has 90 valence electrons. The molecule has 0 spiro atoms. The molecule has 0 aliphatic heterocycles. The van der Waals surface area contributed by atoms with Crippen LogP contribution in [0.1, 0.15) is 26.0 Å². The van der Waals surface area contributed by atoms with Gasteiger partial charge in [0.25, 0.3) is 0 Å². The fourth-order valence-electron chi connectivity index (χ4n) is 1.91. The lowest BCUT2D eigenvalue weighted by atomic mass is 9.84. The van der Waals surface area contributed by atoms with E-state index in [9.17, 15) is 9.90 Å². The summed E-state index contributed by atoms with van der Waals surface area (Å²) >= 11 is 0. The van der Waals surface area contributed by atoms with Crippen LogP contribution >= 0.6 is 0 Å². The van der Waals surface area contributed by atoms with E-state index in [4.69, 9.17) is 5.73 Å². The first-order chi connectivity index (χ1) is 7.97. The molecule has 0 amide bonds. The van der Waals surface area contributed by atoms with E-state index >= 15 is 0 Å². The van der Waals surface area contributed by atoms with E-state index in [1.54, 1.807) is 13.0 Å². The number of rotatable bonds is 3. The molecule has 1 heterocycles. The van der Waals surface area contributed by atoms with Crippen LogP contribution in [-0.4, -0.2) is 16.1 Å². The molecule has 4 N–H and O–H groups in total. The molecule has 4 nitrogen and oxygen atoms in total. The predicted molar refractivity (Wildman–Crippen MR) is 68.0 cm³/mol. The average molecular weight is 232 g/mol. The number of nitrogen functional groups attached to an aromatic ring is 1. The van der Waals surface area contributed by atoms with Crippen LogP contribution in [0.15, 0.2) is 24.3 Å². The molecule has 1 aromatic carbocycles. The van der Waals surface area contributed by atoms with Crippen LogP contribution in [0.5, 0.6) is 0 Å². The number of carboxylic acid groups (broad SMARTS) is 1. The van der Waals surface area contributed by atoms with Gasteiger partial charge in [-0.15, -0.1) is 0 Å². The minimum atomic E-state index is -0.881. The summed E-state index contributed by atoms with van der Waals surface area (Å²) in [4.78, 5) is 14.5. The zero-order valence-corrected chi connectivity index (χ0v) is 9.95. The quantitative estimate of drug-likeness (QED) is 0.711. The van der Waals surface area contributed by atoms with Crippen molar-refractivity contribution >= 4 is 22.6 Å². The van der Waals surface area contributed by atoms with Crippen molar-refractivity contribution in [2.75, 3.05) is 5.73 Å². The second-order valence-corrected chi connectivity index (χ2v) is 4.52. The second kappa shape index (κ2) is 3.80. The van der Waals surface area contributed by atoms with Crippen molar-refractivity contribution < 1.29 is 9.90 Å². The van der Waals surface area contributed by atoms with E-state index in [1.165, 1.54) is 0 Å². The van der Waals surface area contributed by atoms with Gasteiger partial charge in [-0.3, -0.25) is 4.79 Å². The summed E-state index contributed by atoms with van der Waals surface area (Å²) in [5.74, 6) is -0.820. The molecule has 1 unspecified atom stereocenters. The highest BCUT2D eigenvalue weighted by Crippen LogP contribution is 2.30. The van der Waals surface area contributed by atoms with Crippen molar-refractivity contribution in [3.63, 3.8) is 0 Å². The first-order valence-corrected chi connectivity index (χ1v) is 5.59. The lowest BCUT2D eigenvalue weighted by Gasteiger charge is -2.21. The van der Waals surface area contributed by atoms with Gasteiger partial charge in [0.1, 0.15) is 5.41 Å². The molecule has 1 aromatic heterocycles. The van der Waals surface area contributed by atoms with Crippen LogP contribution in [0.25, 0.3) is 10.9 Å². The van der Waals surface area contributed by atoms with E-state index in [1.807, 2.05) is 25.1 Å². The molecular formula is C13H16N2O2. The van der Waals surface area contributed by atoms with Crippen molar-refractivity contribution in [3.05, 3.63) is 30.0 Å². The fraction of sp³-hybridized carbons (Fsp3) is 0.308. The molecule has 4 heteroatoms. The molecule has 0 aliphatic rings. The molecule has 0 bridgehead atoms. The van der Waals surface area contributed by atoms with E-state index < -0.39 is 11.4 Å². The van der Waals surface area contributed by atoms with Crippen LogP contribution in [-0.2, 0) is 10.2 Å². The summed E-state index contributed by atoms with van der Waals surface area (Å²) < 4.78 is 0. The standard InChI is InChI=1S/C13H16N2O2/c1-3-13(2,12(16)17)11-7-8-6-9(14)4-5-10(8)15-11/h4-7,15H,3,14H2,1-2H3,(H,16,17). The highest BCUT2D eigenvalue weighted by atomic mass is 16.4. The van der Waals surface area contributed by atoms with Gasteiger partial charge in [-0.25, -0.2) is 0 Å². The van der Waals surface area contributed by atoms with Gasteiger partial charge in [0.05, 0.1) is 0 Å². The van der Waals surface area contributed by atoms with Gasteiger partial charge < -0.3 is 15.8 Å². The third-order valence-electron chi connectivity index (χ3n) is 3.42. The number of nitrogens with two attached hydrogens (primary N) is 1. The van der Waals surface area contributed by atoms with Gasteiger partial charge >= 0.3 is 5.97 Å². The molecule has 0 saturated carbocycles. The number of hydrogen-bond acceptors (Lipinski definition) is 2. The van der Waals surface area contributed by atoms with Crippen LogP contribution < -0.4 is 5.73 Å². The normalized spacial score (nSPS) is 14.7. The first kappa shape index (κ1) is 11.5. The molecule has 0 aliphatic carbocycles. The maximum atomic E-state index is 11.4. The largest absolute Gasteiger partial charge is 0.481 e. The maximum Gasteiger partial charge on any atom is 0.315 e. The topological polar surface area (TPSA) is 79.1 Å². The minimum absolute atomic E-state index is 0.532. The number of carbonyl (C=O) groups is 1. The van der Waals surface area contributed by atoms with E-state index in [-0.39, 0.29) is 0 Å². The Morgan fingerprint density at radius 2 is 2.18 bits per heavy atom. The number of aromatic amines is 1. The van der Waals surface area contributed by atoms with Gasteiger partial charge in [0.15, 0.2) is 0 Å². The summed E-state index contributed by atoms with van der Waals surface area (Å²) in [6.07, 6.45) is 0.532. The average Bonchev–Trinajstić information content (AvgIpc) is 2.70. The van der Waals surface area contributed by atoms with Crippen molar-refractivity contribution in [3.8, 4) is 0 Å². The Morgan fingerprint density at radius 1 is 1.47 bits per heavy atom. The van der Waals surface area contributed by atoms with Gasteiger partial charge in [-0.05, 0) is 37.6 Å². The van der Waals surface area contributed by atoms with Gasteiger partial charge in [0.2, 0.25) is 0 Å². The van der Waals surface area contributed by atoms with Crippen LogP contribution in [0.3, 0.4) is 0 Å². The first-order valence-electron chi connectivity index (χ1n) is 5.59. The molecule has 2 rings (SSSR count). The summed E-state index contributed by atoms with van der Waals surface area (Å²) in [5.41, 5.74) is 7.13. The van der Waals surface area contributed by atoms with Crippen molar-refractivity contribution in [2.24, 2.45) is 0 Å². The van der Waals surface area contributed by atoms with Gasteiger partial charge in [0, 0.05) is 22.3 Å². The third-order valence-corrected chi connectivity index (χ3v) is 3.42. The number of aromatic nitrogens is 1.